The van der Waals surface area contributed by atoms with Crippen molar-refractivity contribution in [3.63, 3.8) is 0 Å². The number of aromatic nitrogens is 1. The maximum atomic E-state index is 13.2. The van der Waals surface area contributed by atoms with Gasteiger partial charge in [-0.25, -0.2) is 0 Å². The number of benzene rings is 3. The van der Waals surface area contributed by atoms with Crippen LogP contribution in [0.2, 0.25) is 0 Å². The van der Waals surface area contributed by atoms with Crippen LogP contribution in [0.4, 0.5) is 5.69 Å². The second-order valence-corrected chi connectivity index (χ2v) is 6.98. The molecule has 2 aromatic heterocycles. The van der Waals surface area contributed by atoms with Gasteiger partial charge < -0.3 is 14.1 Å². The lowest BCUT2D eigenvalue weighted by Gasteiger charge is -2.08. The topological polar surface area (TPSA) is 115 Å². The molecule has 0 aliphatic carbocycles. The van der Waals surface area contributed by atoms with Gasteiger partial charge in [-0.15, -0.1) is 0 Å². The summed E-state index contributed by atoms with van der Waals surface area (Å²) in [6, 6.07) is 15.8. The van der Waals surface area contributed by atoms with E-state index in [9.17, 15) is 19.7 Å². The molecule has 5 rings (SSSR count). The van der Waals surface area contributed by atoms with Gasteiger partial charge in [0, 0.05) is 28.6 Å². The first-order chi connectivity index (χ1) is 15.0. The van der Waals surface area contributed by atoms with Crippen molar-refractivity contribution in [3.05, 3.63) is 91.2 Å². The molecule has 2 heterocycles. The summed E-state index contributed by atoms with van der Waals surface area (Å²) >= 11 is 0. The van der Waals surface area contributed by atoms with Gasteiger partial charge in [-0.2, -0.15) is 0 Å². The Morgan fingerprint density at radius 2 is 1.77 bits per heavy atom. The average molecular weight is 414 g/mol. The van der Waals surface area contributed by atoms with E-state index in [1.54, 1.807) is 36.4 Å². The second-order valence-electron chi connectivity index (χ2n) is 6.98. The fraction of sp³-hybridized carbons (Fsp3) is 0.0435. The number of para-hydroxylation sites is 1. The van der Waals surface area contributed by atoms with Crippen molar-refractivity contribution < 1.29 is 14.1 Å². The zero-order valence-electron chi connectivity index (χ0n) is 16.2. The van der Waals surface area contributed by atoms with Crippen LogP contribution >= 0.6 is 0 Å². The molecule has 0 aliphatic heterocycles. The van der Waals surface area contributed by atoms with Gasteiger partial charge >= 0.3 is 5.69 Å². The van der Waals surface area contributed by atoms with Crippen molar-refractivity contribution in [1.29, 1.82) is 0 Å². The molecule has 8 heteroatoms. The summed E-state index contributed by atoms with van der Waals surface area (Å²) < 4.78 is 11.0. The van der Waals surface area contributed by atoms with E-state index < -0.39 is 4.92 Å². The zero-order valence-corrected chi connectivity index (χ0v) is 16.2. The smallest absolute Gasteiger partial charge is 0.311 e. The lowest BCUT2D eigenvalue weighted by molar-refractivity contribution is -0.385. The molecule has 0 bridgehead atoms. The van der Waals surface area contributed by atoms with Crippen molar-refractivity contribution >= 4 is 38.5 Å². The maximum absolute atomic E-state index is 13.2. The first kappa shape index (κ1) is 18.6. The number of aromatic amines is 1. The van der Waals surface area contributed by atoms with Crippen molar-refractivity contribution in [3.8, 4) is 17.1 Å². The molecule has 0 radical (unpaired) electrons. The molecule has 31 heavy (non-hydrogen) atoms. The Bertz CT molecular complexity index is 1650. The Kier molecular flexibility index (Phi) is 4.07. The zero-order chi connectivity index (χ0) is 21.7. The normalized spacial score (nSPS) is 11.3. The van der Waals surface area contributed by atoms with Crippen molar-refractivity contribution in [2.24, 2.45) is 0 Å². The Morgan fingerprint density at radius 1 is 0.968 bits per heavy atom. The summed E-state index contributed by atoms with van der Waals surface area (Å²) in [6.07, 6.45) is 0. The predicted octanol–water partition coefficient (Wildman–Crippen LogP) is 4.37. The van der Waals surface area contributed by atoms with Gasteiger partial charge in [0.15, 0.2) is 16.8 Å². The number of pyridine rings is 1. The number of fused-ring (bicyclic) bond motifs is 4. The average Bonchev–Trinajstić information content (AvgIpc) is 2.78. The number of H-pyrrole nitrogens is 1. The highest BCUT2D eigenvalue weighted by Crippen LogP contribution is 2.33. The van der Waals surface area contributed by atoms with Crippen molar-refractivity contribution in [2.75, 3.05) is 7.11 Å². The summed E-state index contributed by atoms with van der Waals surface area (Å²) in [7, 11) is 1.33. The minimum atomic E-state index is -0.576. The number of hydrogen-bond acceptors (Lipinski definition) is 6. The van der Waals surface area contributed by atoms with Gasteiger partial charge in [0.25, 0.3) is 0 Å². The molecule has 152 valence electrons. The number of nitro benzene ring substituents is 1. The van der Waals surface area contributed by atoms with Gasteiger partial charge in [-0.3, -0.25) is 19.7 Å². The third-order valence-electron chi connectivity index (χ3n) is 5.23. The standard InChI is InChI=1S/C23H14N2O6/c1-30-19-9-6-12(10-17(19)25(28)29)20-11-18(26)14-7-8-16-21(23(14)31-20)22(27)13-4-2-3-5-15(13)24-16/h2-11H,1H3,(H,24,27). The number of nitrogens with zero attached hydrogens (tertiary/aromatic N) is 1. The van der Waals surface area contributed by atoms with Crippen LogP contribution < -0.4 is 15.6 Å². The van der Waals surface area contributed by atoms with Crippen LogP contribution in [0.5, 0.6) is 5.75 Å². The molecule has 3 aromatic carbocycles. The third kappa shape index (κ3) is 2.84. The monoisotopic (exact) mass is 414 g/mol. The first-order valence-electron chi connectivity index (χ1n) is 9.32. The van der Waals surface area contributed by atoms with E-state index in [2.05, 4.69) is 4.98 Å². The molecule has 1 N–H and O–H groups in total. The SMILES string of the molecule is COc1ccc(-c2cc(=O)c3ccc4[nH]c5ccccc5c(=O)c4c3o2)cc1[N+](=O)[O-]. The van der Waals surface area contributed by atoms with Gasteiger partial charge in [0.05, 0.1) is 28.3 Å². The van der Waals surface area contributed by atoms with Gasteiger partial charge in [0.2, 0.25) is 5.43 Å². The van der Waals surface area contributed by atoms with Crippen LogP contribution in [-0.4, -0.2) is 17.0 Å². The van der Waals surface area contributed by atoms with Crippen LogP contribution in [0.15, 0.2) is 74.7 Å². The van der Waals surface area contributed by atoms with E-state index in [1.165, 1.54) is 25.3 Å². The summed E-state index contributed by atoms with van der Waals surface area (Å²) in [5.74, 6) is 0.202. The molecule has 0 saturated heterocycles. The molecule has 8 nitrogen and oxygen atoms in total. The summed E-state index contributed by atoms with van der Waals surface area (Å²) in [6.45, 7) is 0. The van der Waals surface area contributed by atoms with E-state index >= 15 is 0 Å². The molecule has 0 saturated carbocycles. The predicted molar refractivity (Wildman–Crippen MR) is 117 cm³/mol. The lowest BCUT2D eigenvalue weighted by atomic mass is 10.1. The van der Waals surface area contributed by atoms with E-state index in [4.69, 9.17) is 9.15 Å². The number of rotatable bonds is 3. The van der Waals surface area contributed by atoms with Crippen LogP contribution in [0.25, 0.3) is 44.1 Å². The minimum absolute atomic E-state index is 0.0882. The van der Waals surface area contributed by atoms with E-state index in [0.29, 0.717) is 22.0 Å². The molecule has 0 unspecified atom stereocenters. The molecule has 0 atom stereocenters. The van der Waals surface area contributed by atoms with Crippen molar-refractivity contribution in [1.82, 2.24) is 4.98 Å². The lowest BCUT2D eigenvalue weighted by Crippen LogP contribution is -2.08. The maximum Gasteiger partial charge on any atom is 0.311 e. The fourth-order valence-electron chi connectivity index (χ4n) is 3.75. The first-order valence-corrected chi connectivity index (χ1v) is 9.32. The van der Waals surface area contributed by atoms with E-state index in [1.807, 2.05) is 6.07 Å². The Hall–Kier alpha value is -4.46. The Labute approximate surface area is 173 Å². The number of methoxy groups -OCH3 is 1. The Morgan fingerprint density at radius 3 is 2.55 bits per heavy atom. The molecular weight excluding hydrogens is 400 g/mol. The van der Waals surface area contributed by atoms with Gasteiger partial charge in [-0.05, 0) is 36.4 Å². The quantitative estimate of drug-likeness (QED) is 0.203. The minimum Gasteiger partial charge on any atom is -0.490 e. The van der Waals surface area contributed by atoms with Crippen LogP contribution in [0.3, 0.4) is 0 Å². The fourth-order valence-corrected chi connectivity index (χ4v) is 3.75. The second kappa shape index (κ2) is 6.81. The number of nitrogens with one attached hydrogen (secondary N) is 1. The van der Waals surface area contributed by atoms with Crippen LogP contribution in [-0.2, 0) is 0 Å². The van der Waals surface area contributed by atoms with Crippen LogP contribution in [0.1, 0.15) is 0 Å². The molecular formula is C23H14N2O6. The summed E-state index contributed by atoms with van der Waals surface area (Å²) in [4.78, 5) is 40.0. The molecule has 0 fully saturated rings. The number of nitro groups is 1. The Balaban J connectivity index is 1.86. The van der Waals surface area contributed by atoms with Gasteiger partial charge in [-0.1, -0.05) is 12.1 Å². The molecule has 0 spiro atoms. The molecule has 5 aromatic rings. The molecule has 0 aliphatic rings. The highest BCUT2D eigenvalue weighted by molar-refractivity contribution is 6.06. The largest absolute Gasteiger partial charge is 0.490 e. The summed E-state index contributed by atoms with van der Waals surface area (Å²) in [5, 5.41) is 12.3. The van der Waals surface area contributed by atoms with Crippen LogP contribution in [0, 0.1) is 10.1 Å². The highest BCUT2D eigenvalue weighted by Gasteiger charge is 2.19. The number of ether oxygens (including phenoxy) is 1. The number of hydrogen-bond donors (Lipinski definition) is 1. The van der Waals surface area contributed by atoms with E-state index in [-0.39, 0.29) is 44.4 Å². The van der Waals surface area contributed by atoms with Crippen molar-refractivity contribution in [2.45, 2.75) is 0 Å². The van der Waals surface area contributed by atoms with E-state index in [0.717, 1.165) is 0 Å². The summed E-state index contributed by atoms with van der Waals surface area (Å²) in [5.41, 5.74) is 0.761. The molecule has 0 amide bonds. The van der Waals surface area contributed by atoms with Gasteiger partial charge in [0.1, 0.15) is 5.76 Å². The highest BCUT2D eigenvalue weighted by atomic mass is 16.6. The third-order valence-corrected chi connectivity index (χ3v) is 5.23.